The van der Waals surface area contributed by atoms with Gasteiger partial charge in [-0.05, 0) is 23.7 Å². The summed E-state index contributed by atoms with van der Waals surface area (Å²) in [6, 6.07) is 3.71. The van der Waals surface area contributed by atoms with Crippen molar-refractivity contribution in [2.24, 2.45) is 0 Å². The molecule has 0 radical (unpaired) electrons. The lowest BCUT2D eigenvalue weighted by molar-refractivity contribution is 0.102. The van der Waals surface area contributed by atoms with E-state index in [1.54, 1.807) is 0 Å². The number of anilines is 1. The van der Waals surface area contributed by atoms with Crippen LogP contribution < -0.4 is 5.32 Å². The Kier molecular flexibility index (Phi) is 3.69. The number of hydrogen-bond donors (Lipinski definition) is 1. The predicted molar refractivity (Wildman–Crippen MR) is 64.2 cm³/mol. The molecule has 5 nitrogen and oxygen atoms in total. The monoisotopic (exact) mass is 286 g/mol. The van der Waals surface area contributed by atoms with Crippen LogP contribution in [0.4, 0.5) is 10.2 Å². The third-order valence-corrected chi connectivity index (χ3v) is 2.26. The molecule has 8 heteroatoms. The Balaban J connectivity index is 2.18. The second-order valence-electron chi connectivity index (χ2n) is 3.17. The van der Waals surface area contributed by atoms with Crippen molar-refractivity contribution in [2.45, 2.75) is 0 Å². The number of hydrogen-bond acceptors (Lipinski definition) is 4. The Morgan fingerprint density at radius 1 is 1.28 bits per heavy atom. The topological polar surface area (TPSA) is 67.8 Å². The number of amides is 1. The summed E-state index contributed by atoms with van der Waals surface area (Å²) in [5.74, 6) is -1.03. The largest absolute Gasteiger partial charge is 0.306 e. The van der Waals surface area contributed by atoms with Gasteiger partial charge in [-0.15, -0.1) is 0 Å². The molecule has 0 spiro atoms. The van der Waals surface area contributed by atoms with E-state index in [1.807, 2.05) is 0 Å². The average molecular weight is 287 g/mol. The van der Waals surface area contributed by atoms with Gasteiger partial charge in [0.2, 0.25) is 11.2 Å². The van der Waals surface area contributed by atoms with Crippen molar-refractivity contribution in [1.82, 2.24) is 15.0 Å². The van der Waals surface area contributed by atoms with Gasteiger partial charge >= 0.3 is 0 Å². The molecule has 2 heterocycles. The van der Waals surface area contributed by atoms with Crippen LogP contribution in [-0.4, -0.2) is 20.9 Å². The van der Waals surface area contributed by atoms with Crippen molar-refractivity contribution < 1.29 is 9.18 Å². The van der Waals surface area contributed by atoms with Crippen molar-refractivity contribution in [3.8, 4) is 0 Å². The molecule has 0 aromatic carbocycles. The van der Waals surface area contributed by atoms with Crippen molar-refractivity contribution in [3.63, 3.8) is 0 Å². The number of pyridine rings is 1. The second-order valence-corrected chi connectivity index (χ2v) is 3.89. The van der Waals surface area contributed by atoms with E-state index in [9.17, 15) is 9.18 Å². The lowest BCUT2D eigenvalue weighted by atomic mass is 10.2. The van der Waals surface area contributed by atoms with Gasteiger partial charge in [-0.1, -0.05) is 11.6 Å². The lowest BCUT2D eigenvalue weighted by Gasteiger charge is -2.04. The van der Waals surface area contributed by atoms with E-state index in [1.165, 1.54) is 12.1 Å². The zero-order valence-electron chi connectivity index (χ0n) is 8.69. The lowest BCUT2D eigenvalue weighted by Crippen LogP contribution is -2.13. The van der Waals surface area contributed by atoms with Crippen LogP contribution in [0.3, 0.4) is 0 Å². The fourth-order valence-electron chi connectivity index (χ4n) is 1.15. The normalized spacial score (nSPS) is 10.2. The summed E-state index contributed by atoms with van der Waals surface area (Å²) in [7, 11) is 0. The third kappa shape index (κ3) is 3.12. The van der Waals surface area contributed by atoms with E-state index in [4.69, 9.17) is 23.2 Å². The molecular weight excluding hydrogens is 282 g/mol. The molecule has 2 aromatic rings. The first-order valence-electron chi connectivity index (χ1n) is 4.67. The zero-order chi connectivity index (χ0) is 13.1. The fourth-order valence-corrected chi connectivity index (χ4v) is 1.56. The predicted octanol–water partition coefficient (Wildman–Crippen LogP) is 2.57. The minimum atomic E-state index is -0.667. The molecule has 0 fully saturated rings. The van der Waals surface area contributed by atoms with Crippen LogP contribution in [0.25, 0.3) is 0 Å². The maximum Gasteiger partial charge on any atom is 0.258 e. The molecule has 0 saturated heterocycles. The van der Waals surface area contributed by atoms with E-state index in [0.717, 1.165) is 12.3 Å². The van der Waals surface area contributed by atoms with Gasteiger partial charge in [-0.3, -0.25) is 4.79 Å². The van der Waals surface area contributed by atoms with Gasteiger partial charge in [0.1, 0.15) is 11.0 Å². The van der Waals surface area contributed by atoms with Crippen LogP contribution >= 0.6 is 23.2 Å². The fraction of sp³-hybridized carbons (Fsp3) is 0. The highest BCUT2D eigenvalue weighted by atomic mass is 35.5. The van der Waals surface area contributed by atoms with Crippen LogP contribution in [0.5, 0.6) is 0 Å². The van der Waals surface area contributed by atoms with Crippen molar-refractivity contribution >= 4 is 34.9 Å². The average Bonchev–Trinajstić information content (AvgIpc) is 2.28. The molecule has 1 amide bonds. The summed E-state index contributed by atoms with van der Waals surface area (Å²) in [6.07, 6.45) is 1.11. The van der Waals surface area contributed by atoms with Crippen LogP contribution in [0.1, 0.15) is 10.4 Å². The third-order valence-electron chi connectivity index (χ3n) is 1.90. The molecule has 0 saturated carbocycles. The highest BCUT2D eigenvalue weighted by molar-refractivity contribution is 6.32. The van der Waals surface area contributed by atoms with Crippen LogP contribution in [-0.2, 0) is 0 Å². The molecular formula is C10H5Cl2FN4O. The van der Waals surface area contributed by atoms with Gasteiger partial charge in [0.15, 0.2) is 0 Å². The Morgan fingerprint density at radius 3 is 2.67 bits per heavy atom. The van der Waals surface area contributed by atoms with Gasteiger partial charge < -0.3 is 5.32 Å². The zero-order valence-corrected chi connectivity index (χ0v) is 10.2. The first-order chi connectivity index (χ1) is 8.54. The van der Waals surface area contributed by atoms with Crippen molar-refractivity contribution in [2.75, 3.05) is 5.32 Å². The molecule has 18 heavy (non-hydrogen) atoms. The summed E-state index contributed by atoms with van der Waals surface area (Å²) in [6.45, 7) is 0. The van der Waals surface area contributed by atoms with E-state index >= 15 is 0 Å². The SMILES string of the molecule is O=C(Nc1cc(Cl)nc(Cl)n1)c1ccc(F)nc1. The van der Waals surface area contributed by atoms with E-state index in [2.05, 4.69) is 20.3 Å². The molecule has 0 bridgehead atoms. The molecule has 0 atom stereocenters. The van der Waals surface area contributed by atoms with E-state index in [0.29, 0.717) is 0 Å². The van der Waals surface area contributed by atoms with Crippen molar-refractivity contribution in [3.05, 3.63) is 46.3 Å². The van der Waals surface area contributed by atoms with Crippen LogP contribution in [0.15, 0.2) is 24.4 Å². The van der Waals surface area contributed by atoms with Gasteiger partial charge in [0.05, 0.1) is 5.56 Å². The molecule has 2 aromatic heterocycles. The molecule has 0 aliphatic carbocycles. The van der Waals surface area contributed by atoms with Crippen LogP contribution in [0, 0.1) is 5.95 Å². The Hall–Kier alpha value is -1.79. The smallest absolute Gasteiger partial charge is 0.258 e. The first-order valence-corrected chi connectivity index (χ1v) is 5.43. The summed E-state index contributed by atoms with van der Waals surface area (Å²) in [4.78, 5) is 22.5. The molecule has 92 valence electrons. The summed E-state index contributed by atoms with van der Waals surface area (Å²) in [5.41, 5.74) is 0.183. The number of aromatic nitrogens is 3. The number of rotatable bonds is 2. The minimum Gasteiger partial charge on any atom is -0.306 e. The van der Waals surface area contributed by atoms with Gasteiger partial charge in [-0.25, -0.2) is 15.0 Å². The van der Waals surface area contributed by atoms with Gasteiger partial charge in [0, 0.05) is 12.3 Å². The summed E-state index contributed by atoms with van der Waals surface area (Å²) < 4.78 is 12.6. The first kappa shape index (κ1) is 12.7. The van der Waals surface area contributed by atoms with Crippen molar-refractivity contribution in [1.29, 1.82) is 0 Å². The summed E-state index contributed by atoms with van der Waals surface area (Å²) >= 11 is 11.2. The summed E-state index contributed by atoms with van der Waals surface area (Å²) in [5, 5.41) is 2.45. The molecule has 0 aliphatic heterocycles. The number of carbonyl (C=O) groups excluding carboxylic acids is 1. The molecule has 0 unspecified atom stereocenters. The Bertz CT molecular complexity index is 571. The highest BCUT2D eigenvalue weighted by Gasteiger charge is 2.09. The number of carbonyl (C=O) groups is 1. The Labute approximate surface area is 111 Å². The van der Waals surface area contributed by atoms with Crippen LogP contribution in [0.2, 0.25) is 10.4 Å². The molecule has 1 N–H and O–H groups in total. The van der Waals surface area contributed by atoms with Gasteiger partial charge in [0.25, 0.3) is 5.91 Å². The molecule has 2 rings (SSSR count). The maximum atomic E-state index is 12.6. The molecule has 0 aliphatic rings. The second kappa shape index (κ2) is 5.24. The highest BCUT2D eigenvalue weighted by Crippen LogP contribution is 2.15. The van der Waals surface area contributed by atoms with E-state index in [-0.39, 0.29) is 21.8 Å². The number of halogens is 3. The number of nitrogens with one attached hydrogen (secondary N) is 1. The van der Waals surface area contributed by atoms with Gasteiger partial charge in [-0.2, -0.15) is 4.39 Å². The quantitative estimate of drug-likeness (QED) is 0.523. The Morgan fingerprint density at radius 2 is 2.06 bits per heavy atom. The minimum absolute atomic E-state index is 0.0879. The number of nitrogens with zero attached hydrogens (tertiary/aromatic N) is 3. The standard InChI is InChI=1S/C10H5Cl2FN4O/c11-6-3-8(17-10(12)15-6)16-9(18)5-1-2-7(13)14-4-5/h1-4H,(H,15,16,17,18). The van der Waals surface area contributed by atoms with E-state index < -0.39 is 11.9 Å². The maximum absolute atomic E-state index is 12.6.